The Labute approximate surface area is 101 Å². The molecule has 1 heterocycles. The van der Waals surface area contributed by atoms with Gasteiger partial charge in [0.05, 0.1) is 11.0 Å². The van der Waals surface area contributed by atoms with Gasteiger partial charge in [-0.05, 0) is 6.07 Å². The first-order valence-corrected chi connectivity index (χ1v) is 5.04. The Bertz CT molecular complexity index is 515. The zero-order valence-corrected chi connectivity index (χ0v) is 9.16. The molecule has 0 aliphatic carbocycles. The fraction of sp³-hybridized carbons (Fsp3) is 0.300. The molecule has 1 aromatic carbocycles. The summed E-state index contributed by atoms with van der Waals surface area (Å²) in [4.78, 5) is 21.0. The number of carboxylic acids is 1. The summed E-state index contributed by atoms with van der Waals surface area (Å²) < 4.78 is 10.1. The standard InChI is InChI=1S/C10H10N2O6/c11-6(10(13)14)1-5-2-8-9(18-4-17-8)3-7(5)12(15)16/h2-3,6H,1,4,11H2,(H,13,14). The first-order valence-electron chi connectivity index (χ1n) is 5.04. The van der Waals surface area contributed by atoms with Crippen molar-refractivity contribution in [2.45, 2.75) is 12.5 Å². The van der Waals surface area contributed by atoms with E-state index in [-0.39, 0.29) is 30.2 Å². The van der Waals surface area contributed by atoms with Crippen LogP contribution in [0.1, 0.15) is 5.56 Å². The van der Waals surface area contributed by atoms with E-state index in [2.05, 4.69) is 0 Å². The molecule has 0 fully saturated rings. The number of nitro benzene ring substituents is 1. The van der Waals surface area contributed by atoms with Crippen LogP contribution in [-0.4, -0.2) is 28.8 Å². The summed E-state index contributed by atoms with van der Waals surface area (Å²) in [6.45, 7) is -0.0130. The van der Waals surface area contributed by atoms with Crippen molar-refractivity contribution in [3.63, 3.8) is 0 Å². The highest BCUT2D eigenvalue weighted by molar-refractivity contribution is 5.74. The van der Waals surface area contributed by atoms with E-state index in [1.807, 2.05) is 0 Å². The number of rotatable bonds is 4. The van der Waals surface area contributed by atoms with Crippen molar-refractivity contribution in [1.82, 2.24) is 0 Å². The first-order chi connectivity index (χ1) is 8.49. The Morgan fingerprint density at radius 1 is 1.50 bits per heavy atom. The van der Waals surface area contributed by atoms with E-state index in [9.17, 15) is 14.9 Å². The average Bonchev–Trinajstić information content (AvgIpc) is 2.74. The van der Waals surface area contributed by atoms with Gasteiger partial charge in [0, 0.05) is 12.0 Å². The minimum atomic E-state index is -1.22. The molecule has 1 aliphatic heterocycles. The molecule has 18 heavy (non-hydrogen) atoms. The molecule has 1 unspecified atom stereocenters. The summed E-state index contributed by atoms with van der Waals surface area (Å²) >= 11 is 0. The number of carboxylic acid groups (broad SMARTS) is 1. The van der Waals surface area contributed by atoms with Crippen LogP contribution in [0.25, 0.3) is 0 Å². The van der Waals surface area contributed by atoms with Gasteiger partial charge in [0.25, 0.3) is 5.69 Å². The van der Waals surface area contributed by atoms with Crippen LogP contribution in [0.5, 0.6) is 11.5 Å². The first kappa shape index (κ1) is 12.1. The van der Waals surface area contributed by atoms with Gasteiger partial charge in [-0.25, -0.2) is 0 Å². The molecule has 96 valence electrons. The molecule has 0 spiro atoms. The molecular weight excluding hydrogens is 244 g/mol. The lowest BCUT2D eigenvalue weighted by Gasteiger charge is -2.08. The zero-order chi connectivity index (χ0) is 13.3. The number of nitrogens with zero attached hydrogens (tertiary/aromatic N) is 1. The van der Waals surface area contributed by atoms with Crippen molar-refractivity contribution in [2.24, 2.45) is 5.73 Å². The Morgan fingerprint density at radius 2 is 2.11 bits per heavy atom. The summed E-state index contributed by atoms with van der Waals surface area (Å²) in [7, 11) is 0. The Hall–Kier alpha value is -2.35. The normalized spacial score (nSPS) is 14.3. The van der Waals surface area contributed by atoms with Gasteiger partial charge in [0.2, 0.25) is 6.79 Å². The number of hydrogen-bond donors (Lipinski definition) is 2. The Kier molecular flexibility index (Phi) is 3.02. The fourth-order valence-corrected chi connectivity index (χ4v) is 1.63. The third-order valence-corrected chi connectivity index (χ3v) is 2.53. The molecule has 1 aromatic rings. The quantitative estimate of drug-likeness (QED) is 0.583. The van der Waals surface area contributed by atoms with E-state index < -0.39 is 16.9 Å². The topological polar surface area (TPSA) is 125 Å². The van der Waals surface area contributed by atoms with E-state index in [1.54, 1.807) is 0 Å². The molecule has 1 atom stereocenters. The molecule has 1 aliphatic rings. The molecule has 0 bridgehead atoms. The predicted octanol–water partition coefficient (Wildman–Crippen LogP) is 0.278. The van der Waals surface area contributed by atoms with Crippen molar-refractivity contribution in [3.05, 3.63) is 27.8 Å². The van der Waals surface area contributed by atoms with E-state index in [0.717, 1.165) is 0 Å². The number of fused-ring (bicyclic) bond motifs is 1. The molecule has 8 heteroatoms. The third-order valence-electron chi connectivity index (χ3n) is 2.53. The monoisotopic (exact) mass is 254 g/mol. The third kappa shape index (κ3) is 2.18. The summed E-state index contributed by atoms with van der Waals surface area (Å²) in [5.74, 6) is -0.593. The second-order valence-electron chi connectivity index (χ2n) is 3.74. The van der Waals surface area contributed by atoms with Crippen LogP contribution in [0.15, 0.2) is 12.1 Å². The van der Waals surface area contributed by atoms with Crippen LogP contribution < -0.4 is 15.2 Å². The van der Waals surface area contributed by atoms with Gasteiger partial charge in [-0.1, -0.05) is 0 Å². The van der Waals surface area contributed by atoms with Gasteiger partial charge >= 0.3 is 5.97 Å². The molecular formula is C10H10N2O6. The molecule has 3 N–H and O–H groups in total. The van der Waals surface area contributed by atoms with Crippen molar-refractivity contribution in [2.75, 3.05) is 6.79 Å². The van der Waals surface area contributed by atoms with E-state index in [1.165, 1.54) is 12.1 Å². The molecule has 8 nitrogen and oxygen atoms in total. The molecule has 0 amide bonds. The second kappa shape index (κ2) is 4.49. The number of benzene rings is 1. The highest BCUT2D eigenvalue weighted by Gasteiger charge is 2.25. The maximum Gasteiger partial charge on any atom is 0.320 e. The van der Waals surface area contributed by atoms with Gasteiger partial charge in [0.1, 0.15) is 6.04 Å². The van der Waals surface area contributed by atoms with E-state index >= 15 is 0 Å². The van der Waals surface area contributed by atoms with E-state index in [4.69, 9.17) is 20.3 Å². The number of aliphatic carboxylic acids is 1. The number of carbonyl (C=O) groups is 1. The summed E-state index contributed by atoms with van der Waals surface area (Å²) in [5.41, 5.74) is 5.35. The van der Waals surface area contributed by atoms with Crippen LogP contribution in [0.3, 0.4) is 0 Å². The molecule has 2 rings (SSSR count). The van der Waals surface area contributed by atoms with Crippen molar-refractivity contribution in [3.8, 4) is 11.5 Å². The van der Waals surface area contributed by atoms with Gasteiger partial charge in [-0.2, -0.15) is 0 Å². The number of ether oxygens (including phenoxy) is 2. The highest BCUT2D eigenvalue weighted by Crippen LogP contribution is 2.38. The van der Waals surface area contributed by atoms with E-state index in [0.29, 0.717) is 5.75 Å². The van der Waals surface area contributed by atoms with Crippen LogP contribution in [0, 0.1) is 10.1 Å². The predicted molar refractivity (Wildman–Crippen MR) is 58.5 cm³/mol. The van der Waals surface area contributed by atoms with Gasteiger partial charge < -0.3 is 20.3 Å². The fourth-order valence-electron chi connectivity index (χ4n) is 1.63. The van der Waals surface area contributed by atoms with Gasteiger partial charge in [-0.3, -0.25) is 14.9 Å². The van der Waals surface area contributed by atoms with Crippen LogP contribution >= 0.6 is 0 Å². The van der Waals surface area contributed by atoms with Crippen molar-refractivity contribution < 1.29 is 24.3 Å². The van der Waals surface area contributed by atoms with Gasteiger partial charge in [0.15, 0.2) is 11.5 Å². The molecule has 0 saturated carbocycles. The Morgan fingerprint density at radius 3 is 2.67 bits per heavy atom. The highest BCUT2D eigenvalue weighted by atomic mass is 16.7. The Balaban J connectivity index is 2.38. The van der Waals surface area contributed by atoms with Crippen LogP contribution in [-0.2, 0) is 11.2 Å². The van der Waals surface area contributed by atoms with Crippen molar-refractivity contribution >= 4 is 11.7 Å². The molecule has 0 radical (unpaired) electrons. The van der Waals surface area contributed by atoms with Crippen LogP contribution in [0.2, 0.25) is 0 Å². The van der Waals surface area contributed by atoms with Crippen LogP contribution in [0.4, 0.5) is 5.69 Å². The van der Waals surface area contributed by atoms with Crippen molar-refractivity contribution in [1.29, 1.82) is 0 Å². The van der Waals surface area contributed by atoms with Gasteiger partial charge in [-0.15, -0.1) is 0 Å². The SMILES string of the molecule is NC(Cc1cc2c(cc1[N+](=O)[O-])OCO2)C(=O)O. The summed E-state index contributed by atoms with van der Waals surface area (Å²) in [6, 6.07) is 1.40. The summed E-state index contributed by atoms with van der Waals surface area (Å²) in [6.07, 6.45) is -0.151. The number of nitro groups is 1. The lowest BCUT2D eigenvalue weighted by molar-refractivity contribution is -0.385. The minimum Gasteiger partial charge on any atom is -0.480 e. The number of nitrogens with two attached hydrogens (primary N) is 1. The lowest BCUT2D eigenvalue weighted by Crippen LogP contribution is -2.32. The average molecular weight is 254 g/mol. The largest absolute Gasteiger partial charge is 0.480 e. The summed E-state index contributed by atoms with van der Waals surface area (Å²) in [5, 5.41) is 19.6. The molecule has 0 saturated heterocycles. The maximum atomic E-state index is 10.9. The number of hydrogen-bond acceptors (Lipinski definition) is 6. The lowest BCUT2D eigenvalue weighted by atomic mass is 10.0. The zero-order valence-electron chi connectivity index (χ0n) is 9.16. The maximum absolute atomic E-state index is 10.9. The minimum absolute atomic E-state index is 0.0130. The second-order valence-corrected chi connectivity index (χ2v) is 3.74. The smallest absolute Gasteiger partial charge is 0.320 e. The molecule has 0 aromatic heterocycles.